The lowest BCUT2D eigenvalue weighted by atomic mass is 10.1. The first-order valence-corrected chi connectivity index (χ1v) is 6.30. The SMILES string of the molecule is COc1c(F)c(F)c(-c2ccc3ccccc3n2)c(F)c1F. The van der Waals surface area contributed by atoms with Crippen molar-refractivity contribution in [3.05, 3.63) is 59.7 Å². The lowest BCUT2D eigenvalue weighted by Gasteiger charge is -2.11. The topological polar surface area (TPSA) is 22.1 Å². The predicted molar refractivity (Wildman–Crippen MR) is 73.6 cm³/mol. The van der Waals surface area contributed by atoms with Gasteiger partial charge in [-0.3, -0.25) is 0 Å². The first-order valence-electron chi connectivity index (χ1n) is 6.30. The monoisotopic (exact) mass is 307 g/mol. The highest BCUT2D eigenvalue weighted by Crippen LogP contribution is 2.35. The zero-order chi connectivity index (χ0) is 15.9. The van der Waals surface area contributed by atoms with Crippen molar-refractivity contribution >= 4 is 10.9 Å². The van der Waals surface area contributed by atoms with Crippen LogP contribution in [0.2, 0.25) is 0 Å². The van der Waals surface area contributed by atoms with Crippen LogP contribution in [0.1, 0.15) is 0 Å². The number of benzene rings is 2. The number of fused-ring (bicyclic) bond motifs is 1. The summed E-state index contributed by atoms with van der Waals surface area (Å²) in [6, 6.07) is 9.73. The number of rotatable bonds is 2. The second-order valence-corrected chi connectivity index (χ2v) is 4.55. The van der Waals surface area contributed by atoms with Gasteiger partial charge >= 0.3 is 0 Å². The summed E-state index contributed by atoms with van der Waals surface area (Å²) in [6.45, 7) is 0. The number of aromatic nitrogens is 1. The number of pyridine rings is 1. The molecule has 3 rings (SSSR count). The lowest BCUT2D eigenvalue weighted by Crippen LogP contribution is -2.04. The molecule has 0 radical (unpaired) electrons. The zero-order valence-electron chi connectivity index (χ0n) is 11.3. The number of methoxy groups -OCH3 is 1. The van der Waals surface area contributed by atoms with Crippen LogP contribution in [-0.2, 0) is 0 Å². The molecule has 22 heavy (non-hydrogen) atoms. The Bertz CT molecular complexity index is 850. The van der Waals surface area contributed by atoms with E-state index >= 15 is 0 Å². The summed E-state index contributed by atoms with van der Waals surface area (Å²) in [5.74, 6) is -7.37. The Hall–Kier alpha value is -2.63. The minimum Gasteiger partial charge on any atom is -0.491 e. The van der Waals surface area contributed by atoms with Gasteiger partial charge in [0.15, 0.2) is 17.4 Å². The van der Waals surface area contributed by atoms with Crippen LogP contribution in [0.5, 0.6) is 5.75 Å². The highest BCUT2D eigenvalue weighted by Gasteiger charge is 2.27. The molecule has 0 saturated carbocycles. The molecule has 2 aromatic carbocycles. The van der Waals surface area contributed by atoms with Gasteiger partial charge < -0.3 is 4.74 Å². The molecule has 6 heteroatoms. The van der Waals surface area contributed by atoms with Crippen molar-refractivity contribution in [3.63, 3.8) is 0 Å². The summed E-state index contributed by atoms with van der Waals surface area (Å²) in [6.07, 6.45) is 0. The highest BCUT2D eigenvalue weighted by atomic mass is 19.2. The predicted octanol–water partition coefficient (Wildman–Crippen LogP) is 4.47. The fourth-order valence-electron chi connectivity index (χ4n) is 2.22. The molecule has 0 amide bonds. The molecule has 112 valence electrons. The van der Waals surface area contributed by atoms with E-state index in [4.69, 9.17) is 0 Å². The number of hydrogen-bond acceptors (Lipinski definition) is 2. The molecule has 0 saturated heterocycles. The van der Waals surface area contributed by atoms with Crippen LogP contribution in [0.4, 0.5) is 17.6 Å². The molecule has 0 spiro atoms. The largest absolute Gasteiger partial charge is 0.491 e. The molecule has 2 nitrogen and oxygen atoms in total. The van der Waals surface area contributed by atoms with E-state index in [0.29, 0.717) is 5.52 Å². The van der Waals surface area contributed by atoms with Crippen LogP contribution in [0.15, 0.2) is 36.4 Å². The van der Waals surface area contributed by atoms with Gasteiger partial charge in [-0.25, -0.2) is 13.8 Å². The lowest BCUT2D eigenvalue weighted by molar-refractivity contribution is 0.334. The van der Waals surface area contributed by atoms with E-state index in [-0.39, 0.29) is 5.69 Å². The molecule has 0 aliphatic carbocycles. The highest BCUT2D eigenvalue weighted by molar-refractivity contribution is 5.81. The fourth-order valence-corrected chi connectivity index (χ4v) is 2.22. The first-order chi connectivity index (χ1) is 10.5. The van der Waals surface area contributed by atoms with E-state index in [1.807, 2.05) is 0 Å². The van der Waals surface area contributed by atoms with Crippen molar-refractivity contribution in [2.24, 2.45) is 0 Å². The normalized spacial score (nSPS) is 11.0. The van der Waals surface area contributed by atoms with Gasteiger partial charge in [0.1, 0.15) is 0 Å². The summed E-state index contributed by atoms with van der Waals surface area (Å²) in [5.41, 5.74) is -0.605. The summed E-state index contributed by atoms with van der Waals surface area (Å²) < 4.78 is 60.0. The van der Waals surface area contributed by atoms with E-state index in [1.54, 1.807) is 30.3 Å². The third-order valence-electron chi connectivity index (χ3n) is 3.28. The minimum atomic E-state index is -1.59. The van der Waals surface area contributed by atoms with Gasteiger partial charge in [-0.15, -0.1) is 0 Å². The Labute approximate surface area is 123 Å². The van der Waals surface area contributed by atoms with Gasteiger partial charge in [0, 0.05) is 5.39 Å². The van der Waals surface area contributed by atoms with Crippen LogP contribution < -0.4 is 4.74 Å². The molecule has 0 fully saturated rings. The molecular formula is C16H9F4NO. The maximum Gasteiger partial charge on any atom is 0.204 e. The van der Waals surface area contributed by atoms with Crippen LogP contribution >= 0.6 is 0 Å². The molecule has 3 aromatic rings. The van der Waals surface area contributed by atoms with Gasteiger partial charge in [0.2, 0.25) is 11.6 Å². The van der Waals surface area contributed by atoms with E-state index in [0.717, 1.165) is 12.5 Å². The molecule has 0 aliphatic heterocycles. The first kappa shape index (κ1) is 14.3. The standard InChI is InChI=1S/C16H9F4NO/c1-22-16-14(19)12(17)11(13(18)15(16)20)10-7-6-8-4-2-3-5-9(8)21-10/h2-7H,1H3. The van der Waals surface area contributed by atoms with Crippen molar-refractivity contribution in [1.29, 1.82) is 0 Å². The van der Waals surface area contributed by atoms with Gasteiger partial charge in [-0.05, 0) is 12.1 Å². The maximum absolute atomic E-state index is 14.1. The average molecular weight is 307 g/mol. The quantitative estimate of drug-likeness (QED) is 0.515. The van der Waals surface area contributed by atoms with Crippen LogP contribution in [0.25, 0.3) is 22.2 Å². The number of nitrogens with zero attached hydrogens (tertiary/aromatic N) is 1. The molecule has 0 bridgehead atoms. The zero-order valence-corrected chi connectivity index (χ0v) is 11.3. The number of hydrogen-bond donors (Lipinski definition) is 0. The maximum atomic E-state index is 14.1. The van der Waals surface area contributed by atoms with Crippen LogP contribution in [0, 0.1) is 23.3 Å². The Morgan fingerprint density at radius 3 is 2.09 bits per heavy atom. The van der Waals surface area contributed by atoms with E-state index in [2.05, 4.69) is 9.72 Å². The second-order valence-electron chi connectivity index (χ2n) is 4.55. The summed E-state index contributed by atoms with van der Waals surface area (Å²) in [7, 11) is 0.925. The molecule has 0 unspecified atom stereocenters. The van der Waals surface area contributed by atoms with Crippen molar-refractivity contribution in [3.8, 4) is 17.0 Å². The molecule has 0 N–H and O–H groups in total. The average Bonchev–Trinajstić information content (AvgIpc) is 2.54. The van der Waals surface area contributed by atoms with Crippen molar-refractivity contribution < 1.29 is 22.3 Å². The summed E-state index contributed by atoms with van der Waals surface area (Å²) in [5, 5.41) is 0.738. The summed E-state index contributed by atoms with van der Waals surface area (Å²) in [4.78, 5) is 4.05. The van der Waals surface area contributed by atoms with Crippen molar-refractivity contribution in [2.45, 2.75) is 0 Å². The van der Waals surface area contributed by atoms with E-state index in [1.165, 1.54) is 6.07 Å². The van der Waals surface area contributed by atoms with Gasteiger partial charge in [0.25, 0.3) is 0 Å². The van der Waals surface area contributed by atoms with Crippen molar-refractivity contribution in [2.75, 3.05) is 7.11 Å². The molecular weight excluding hydrogens is 298 g/mol. The molecule has 0 aliphatic rings. The third kappa shape index (κ3) is 2.07. The van der Waals surface area contributed by atoms with Gasteiger partial charge in [-0.2, -0.15) is 8.78 Å². The van der Waals surface area contributed by atoms with E-state index in [9.17, 15) is 17.6 Å². The van der Waals surface area contributed by atoms with Crippen LogP contribution in [0.3, 0.4) is 0 Å². The Kier molecular flexibility index (Phi) is 3.44. The Morgan fingerprint density at radius 2 is 1.45 bits per heavy atom. The van der Waals surface area contributed by atoms with Gasteiger partial charge in [-0.1, -0.05) is 24.3 Å². The fraction of sp³-hybridized carbons (Fsp3) is 0.0625. The van der Waals surface area contributed by atoms with E-state index < -0.39 is 34.6 Å². The number of ether oxygens (including phenoxy) is 1. The third-order valence-corrected chi connectivity index (χ3v) is 3.28. The molecule has 1 heterocycles. The Morgan fingerprint density at radius 1 is 0.818 bits per heavy atom. The molecule has 1 aromatic heterocycles. The van der Waals surface area contributed by atoms with Gasteiger partial charge in [0.05, 0.1) is 23.9 Å². The second kappa shape index (κ2) is 5.29. The summed E-state index contributed by atoms with van der Waals surface area (Å²) >= 11 is 0. The number of halogens is 4. The van der Waals surface area contributed by atoms with Crippen LogP contribution in [-0.4, -0.2) is 12.1 Å². The van der Waals surface area contributed by atoms with Crippen molar-refractivity contribution in [1.82, 2.24) is 4.98 Å². The minimum absolute atomic E-state index is 0.200. The number of para-hydroxylation sites is 1. The molecule has 0 atom stereocenters. The smallest absolute Gasteiger partial charge is 0.204 e. The Balaban J connectivity index is 2.30.